The van der Waals surface area contributed by atoms with Gasteiger partial charge in [0.05, 0.1) is 37.4 Å². The summed E-state index contributed by atoms with van der Waals surface area (Å²) in [4.78, 5) is 33.5. The molecule has 0 radical (unpaired) electrons. The van der Waals surface area contributed by atoms with Gasteiger partial charge >= 0.3 is 6.01 Å². The van der Waals surface area contributed by atoms with Gasteiger partial charge in [-0.1, -0.05) is 35.9 Å². The van der Waals surface area contributed by atoms with Gasteiger partial charge in [-0.15, -0.1) is 0 Å². The van der Waals surface area contributed by atoms with E-state index in [1.807, 2.05) is 12.1 Å². The van der Waals surface area contributed by atoms with Crippen LogP contribution in [0.15, 0.2) is 36.4 Å². The Balaban J connectivity index is 0.000000455. The third-order valence-corrected chi connectivity index (χ3v) is 8.14. The fourth-order valence-corrected chi connectivity index (χ4v) is 5.80. The van der Waals surface area contributed by atoms with E-state index in [9.17, 15) is 4.79 Å². The van der Waals surface area contributed by atoms with Gasteiger partial charge in [0.2, 0.25) is 0 Å². The van der Waals surface area contributed by atoms with E-state index in [1.165, 1.54) is 38.1 Å². The maximum atomic E-state index is 12.4. The number of halogens is 1. The molecule has 0 spiro atoms. The lowest BCUT2D eigenvalue weighted by atomic mass is 9.96. The normalized spacial score (nSPS) is 17.4. The Morgan fingerprint density at radius 2 is 1.74 bits per heavy atom. The standard InChI is InChI=1S/C24H26ClN5O3.C5H11N/c1-28(33-3)23(31)16-12-30(13-16)22-17-10-11-29(14-19(17)26-24(27-22)32-2)20-9-5-7-15-6-4-8-18(25)21(15)20;1-6-4-2-3-5-6/h4-9,16H,10-14H2,1-3H3;2-5H2,1H3. The van der Waals surface area contributed by atoms with Crippen LogP contribution < -0.4 is 14.5 Å². The number of anilines is 2. The van der Waals surface area contributed by atoms with Crippen molar-refractivity contribution in [2.45, 2.75) is 25.8 Å². The molecule has 1 amide bonds. The minimum Gasteiger partial charge on any atom is -0.467 e. The fraction of sp³-hybridized carbons (Fsp3) is 0.483. The number of amides is 1. The SMILES string of the molecule is CN1CCCC1.COc1nc2c(c(N3CC(C(=O)N(C)OC)C3)n1)CCN(c1cccc3cccc(Cl)c13)C2. The maximum Gasteiger partial charge on any atom is 0.318 e. The third-order valence-electron chi connectivity index (χ3n) is 7.82. The van der Waals surface area contributed by atoms with Gasteiger partial charge in [-0.25, -0.2) is 5.06 Å². The van der Waals surface area contributed by atoms with Crippen LogP contribution in [0.2, 0.25) is 5.02 Å². The van der Waals surface area contributed by atoms with Gasteiger partial charge in [-0.2, -0.15) is 9.97 Å². The molecule has 4 heterocycles. The first-order chi connectivity index (χ1) is 18.9. The van der Waals surface area contributed by atoms with E-state index in [0.717, 1.165) is 51.5 Å². The highest BCUT2D eigenvalue weighted by atomic mass is 35.5. The Morgan fingerprint density at radius 1 is 1.03 bits per heavy atom. The summed E-state index contributed by atoms with van der Waals surface area (Å²) in [5, 5.41) is 4.19. The minimum absolute atomic E-state index is 0.0253. The molecule has 2 saturated heterocycles. The van der Waals surface area contributed by atoms with Crippen molar-refractivity contribution in [3.8, 4) is 6.01 Å². The van der Waals surface area contributed by atoms with Crippen LogP contribution in [0.1, 0.15) is 24.1 Å². The van der Waals surface area contributed by atoms with Gasteiger partial charge in [-0.05, 0) is 56.9 Å². The highest BCUT2D eigenvalue weighted by Gasteiger charge is 2.38. The monoisotopic (exact) mass is 552 g/mol. The number of hydroxylamine groups is 2. The Bertz CT molecular complexity index is 1320. The predicted octanol–water partition coefficient (Wildman–Crippen LogP) is 4.02. The second-order valence-electron chi connectivity index (χ2n) is 10.4. The molecule has 2 fully saturated rings. The Hall–Kier alpha value is -3.14. The molecule has 3 aliphatic rings. The highest BCUT2D eigenvalue weighted by molar-refractivity contribution is 6.36. The molecule has 10 heteroatoms. The number of aromatic nitrogens is 2. The van der Waals surface area contributed by atoms with Crippen molar-refractivity contribution < 1.29 is 14.4 Å². The number of benzene rings is 2. The van der Waals surface area contributed by atoms with Gasteiger partial charge in [0.1, 0.15) is 5.82 Å². The van der Waals surface area contributed by atoms with Crippen molar-refractivity contribution >= 4 is 39.8 Å². The smallest absolute Gasteiger partial charge is 0.318 e. The summed E-state index contributed by atoms with van der Waals surface area (Å²) >= 11 is 6.58. The van der Waals surface area contributed by atoms with Crippen LogP contribution in [0.3, 0.4) is 0 Å². The number of hydrogen-bond acceptors (Lipinski definition) is 8. The van der Waals surface area contributed by atoms with E-state index in [0.29, 0.717) is 25.6 Å². The Labute approximate surface area is 235 Å². The molecule has 208 valence electrons. The van der Waals surface area contributed by atoms with E-state index >= 15 is 0 Å². The summed E-state index contributed by atoms with van der Waals surface area (Å²) < 4.78 is 5.42. The van der Waals surface area contributed by atoms with Crippen LogP contribution in [0, 0.1) is 5.92 Å². The molecule has 0 saturated carbocycles. The average molecular weight is 553 g/mol. The van der Waals surface area contributed by atoms with E-state index < -0.39 is 0 Å². The van der Waals surface area contributed by atoms with Gasteiger partial charge in [0, 0.05) is 43.3 Å². The van der Waals surface area contributed by atoms with Crippen LogP contribution in [0.25, 0.3) is 10.8 Å². The number of carbonyl (C=O) groups excluding carboxylic acids is 1. The topological polar surface area (TPSA) is 74.3 Å². The van der Waals surface area contributed by atoms with Gasteiger partial charge in [0.15, 0.2) is 0 Å². The lowest BCUT2D eigenvalue weighted by molar-refractivity contribution is -0.174. The van der Waals surface area contributed by atoms with Gasteiger partial charge < -0.3 is 19.4 Å². The molecule has 6 rings (SSSR count). The Morgan fingerprint density at radius 3 is 2.38 bits per heavy atom. The number of fused-ring (bicyclic) bond motifs is 2. The molecule has 3 aromatic rings. The number of nitrogens with zero attached hydrogens (tertiary/aromatic N) is 6. The molecular weight excluding hydrogens is 516 g/mol. The molecule has 0 aliphatic carbocycles. The summed E-state index contributed by atoms with van der Waals surface area (Å²) in [5.74, 6) is 0.726. The molecule has 0 atom stereocenters. The highest BCUT2D eigenvalue weighted by Crippen LogP contribution is 2.38. The van der Waals surface area contributed by atoms with Crippen LogP contribution in [-0.4, -0.2) is 86.9 Å². The van der Waals surface area contributed by atoms with Crippen molar-refractivity contribution in [1.82, 2.24) is 19.9 Å². The number of likely N-dealkylation sites (tertiary alicyclic amines) is 1. The number of carbonyl (C=O) groups is 1. The van der Waals surface area contributed by atoms with Crippen LogP contribution in [0.5, 0.6) is 6.01 Å². The predicted molar refractivity (Wildman–Crippen MR) is 155 cm³/mol. The Kier molecular flexibility index (Phi) is 8.40. The van der Waals surface area contributed by atoms with Gasteiger partial charge in [-0.3, -0.25) is 9.63 Å². The lowest BCUT2D eigenvalue weighted by Crippen LogP contribution is -2.54. The number of ether oxygens (including phenoxy) is 1. The first kappa shape index (κ1) is 27.4. The number of rotatable bonds is 5. The number of hydrogen-bond donors (Lipinski definition) is 0. The molecule has 3 aliphatic heterocycles. The second kappa shape index (κ2) is 11.9. The third kappa shape index (κ3) is 5.76. The second-order valence-corrected chi connectivity index (χ2v) is 10.8. The fourth-order valence-electron chi connectivity index (χ4n) is 5.52. The van der Waals surface area contributed by atoms with Crippen molar-refractivity contribution in [3.05, 3.63) is 52.7 Å². The quantitative estimate of drug-likeness (QED) is 0.439. The molecule has 9 nitrogen and oxygen atoms in total. The first-order valence-corrected chi connectivity index (χ1v) is 13.9. The maximum absolute atomic E-state index is 12.4. The molecule has 0 N–H and O–H groups in total. The zero-order valence-corrected chi connectivity index (χ0v) is 23.9. The van der Waals surface area contributed by atoms with Crippen LogP contribution in [-0.2, 0) is 22.6 Å². The zero-order valence-electron chi connectivity index (χ0n) is 23.2. The van der Waals surface area contributed by atoms with Crippen molar-refractivity contribution in [2.75, 3.05) is 70.8 Å². The van der Waals surface area contributed by atoms with E-state index in [4.69, 9.17) is 21.2 Å². The summed E-state index contributed by atoms with van der Waals surface area (Å²) in [6, 6.07) is 12.6. The molecular formula is C29H37ClN6O3. The molecule has 1 aromatic heterocycles. The largest absolute Gasteiger partial charge is 0.467 e. The number of methoxy groups -OCH3 is 1. The van der Waals surface area contributed by atoms with Crippen molar-refractivity contribution in [1.29, 1.82) is 0 Å². The van der Waals surface area contributed by atoms with E-state index in [-0.39, 0.29) is 11.8 Å². The molecule has 39 heavy (non-hydrogen) atoms. The molecule has 0 unspecified atom stereocenters. The average Bonchev–Trinajstić information content (AvgIpc) is 3.42. The van der Waals surface area contributed by atoms with E-state index in [1.54, 1.807) is 14.2 Å². The summed E-state index contributed by atoms with van der Waals surface area (Å²) in [6.45, 7) is 5.29. The van der Waals surface area contributed by atoms with E-state index in [2.05, 4.69) is 56.0 Å². The van der Waals surface area contributed by atoms with Crippen molar-refractivity contribution in [2.24, 2.45) is 5.92 Å². The molecule has 2 aromatic carbocycles. The van der Waals surface area contributed by atoms with Crippen molar-refractivity contribution in [3.63, 3.8) is 0 Å². The van der Waals surface area contributed by atoms with Crippen LogP contribution in [0.4, 0.5) is 11.5 Å². The van der Waals surface area contributed by atoms with Crippen LogP contribution >= 0.6 is 11.6 Å². The van der Waals surface area contributed by atoms with Gasteiger partial charge in [0.25, 0.3) is 5.91 Å². The summed E-state index contributed by atoms with van der Waals surface area (Å²) in [5.41, 5.74) is 3.15. The summed E-state index contributed by atoms with van der Waals surface area (Å²) in [7, 11) is 6.88. The first-order valence-electron chi connectivity index (χ1n) is 13.5. The lowest BCUT2D eigenvalue weighted by Gasteiger charge is -2.42. The zero-order chi connectivity index (χ0) is 27.5. The summed E-state index contributed by atoms with van der Waals surface area (Å²) in [6.07, 6.45) is 3.62. The molecule has 0 bridgehead atoms. The minimum atomic E-state index is -0.107.